The Morgan fingerprint density at radius 3 is 2.80 bits per heavy atom. The molecule has 0 aromatic heterocycles. The predicted octanol–water partition coefficient (Wildman–Crippen LogP) is 4.24. The highest BCUT2D eigenvalue weighted by Crippen LogP contribution is 2.43. The third-order valence-corrected chi connectivity index (χ3v) is 5.51. The van der Waals surface area contributed by atoms with E-state index in [4.69, 9.17) is 10.5 Å². The fourth-order valence-electron chi connectivity index (χ4n) is 3.98. The van der Waals surface area contributed by atoms with E-state index in [1.54, 1.807) is 0 Å². The van der Waals surface area contributed by atoms with E-state index in [0.29, 0.717) is 17.4 Å². The van der Waals surface area contributed by atoms with Crippen molar-refractivity contribution < 1.29 is 4.74 Å². The van der Waals surface area contributed by atoms with Gasteiger partial charge in [0.15, 0.2) is 0 Å². The van der Waals surface area contributed by atoms with Gasteiger partial charge in [-0.2, -0.15) is 0 Å². The summed E-state index contributed by atoms with van der Waals surface area (Å²) in [5, 5.41) is 0. The molecule has 1 aromatic rings. The number of ether oxygens (including phenoxy) is 1. The van der Waals surface area contributed by atoms with Crippen LogP contribution in [-0.2, 0) is 0 Å². The van der Waals surface area contributed by atoms with Crippen molar-refractivity contribution in [1.29, 1.82) is 0 Å². The van der Waals surface area contributed by atoms with Crippen LogP contribution in [0.1, 0.15) is 63.4 Å². The van der Waals surface area contributed by atoms with E-state index in [1.807, 2.05) is 0 Å². The third kappa shape index (κ3) is 2.71. The van der Waals surface area contributed by atoms with Crippen molar-refractivity contribution in [2.24, 2.45) is 11.1 Å². The smallest absolute Gasteiger partial charge is 0.122 e. The maximum absolute atomic E-state index is 6.63. The van der Waals surface area contributed by atoms with E-state index in [9.17, 15) is 0 Å². The Bertz CT molecular complexity index is 450. The lowest BCUT2D eigenvalue weighted by Crippen LogP contribution is -2.42. The quantitative estimate of drug-likeness (QED) is 0.894. The molecule has 0 bridgehead atoms. The van der Waals surface area contributed by atoms with Crippen molar-refractivity contribution in [1.82, 2.24) is 0 Å². The Balaban J connectivity index is 1.72. The molecular weight excluding hydrogens is 246 g/mol. The van der Waals surface area contributed by atoms with E-state index in [1.165, 1.54) is 37.7 Å². The van der Waals surface area contributed by atoms with Crippen molar-refractivity contribution >= 4 is 0 Å². The molecule has 2 nitrogen and oxygen atoms in total. The molecule has 2 atom stereocenters. The summed E-state index contributed by atoms with van der Waals surface area (Å²) in [4.78, 5) is 0. The summed E-state index contributed by atoms with van der Waals surface area (Å²) in [6.07, 6.45) is 8.93. The first-order valence-electron chi connectivity index (χ1n) is 8.16. The van der Waals surface area contributed by atoms with Gasteiger partial charge in [-0.05, 0) is 48.6 Å². The molecule has 1 aromatic carbocycles. The van der Waals surface area contributed by atoms with Crippen LogP contribution in [0.2, 0.25) is 0 Å². The van der Waals surface area contributed by atoms with Crippen molar-refractivity contribution in [3.63, 3.8) is 0 Å². The summed E-state index contributed by atoms with van der Waals surface area (Å²) in [5.41, 5.74) is 8.35. The zero-order chi connectivity index (χ0) is 14.0. The fourth-order valence-corrected chi connectivity index (χ4v) is 3.98. The molecule has 20 heavy (non-hydrogen) atoms. The van der Waals surface area contributed by atoms with Crippen LogP contribution in [0.3, 0.4) is 0 Å². The van der Waals surface area contributed by atoms with Crippen LogP contribution in [0, 0.1) is 5.41 Å². The second kappa shape index (κ2) is 5.77. The highest BCUT2D eigenvalue weighted by atomic mass is 16.5. The van der Waals surface area contributed by atoms with Crippen molar-refractivity contribution in [2.75, 3.05) is 6.61 Å². The van der Waals surface area contributed by atoms with Crippen LogP contribution in [0.4, 0.5) is 0 Å². The summed E-state index contributed by atoms with van der Waals surface area (Å²) in [6.45, 7) is 3.24. The number of nitrogens with two attached hydrogens (primary N) is 1. The monoisotopic (exact) mass is 273 g/mol. The molecule has 1 saturated carbocycles. The minimum absolute atomic E-state index is 0.318. The lowest BCUT2D eigenvalue weighted by atomic mass is 9.68. The second-order valence-corrected chi connectivity index (χ2v) is 6.93. The topological polar surface area (TPSA) is 35.2 Å². The molecule has 1 heterocycles. The van der Waals surface area contributed by atoms with Gasteiger partial charge in [-0.1, -0.05) is 44.4 Å². The SMILES string of the molecule is CC1(C(N)CC2CCOc3ccccc32)CCCCC1. The first kappa shape index (κ1) is 13.9. The standard InChI is InChI=1S/C18H27NO/c1-18(10-5-2-6-11-18)17(19)13-14-9-12-20-16-8-4-3-7-15(14)16/h3-4,7-8,14,17H,2,5-6,9-13,19H2,1H3. The van der Waals surface area contributed by atoms with Gasteiger partial charge in [0.25, 0.3) is 0 Å². The van der Waals surface area contributed by atoms with Crippen molar-refractivity contribution in [3.05, 3.63) is 29.8 Å². The highest BCUT2D eigenvalue weighted by Gasteiger charge is 2.35. The Morgan fingerprint density at radius 2 is 2.00 bits per heavy atom. The second-order valence-electron chi connectivity index (χ2n) is 6.93. The highest BCUT2D eigenvalue weighted by molar-refractivity contribution is 5.37. The van der Waals surface area contributed by atoms with Gasteiger partial charge in [-0.25, -0.2) is 0 Å². The largest absolute Gasteiger partial charge is 0.493 e. The molecule has 3 rings (SSSR count). The molecule has 0 amide bonds. The average molecular weight is 273 g/mol. The first-order valence-corrected chi connectivity index (χ1v) is 8.16. The van der Waals surface area contributed by atoms with Crippen molar-refractivity contribution in [2.45, 2.75) is 63.8 Å². The molecule has 110 valence electrons. The van der Waals surface area contributed by atoms with E-state index in [2.05, 4.69) is 31.2 Å². The van der Waals surface area contributed by atoms with Crippen LogP contribution in [-0.4, -0.2) is 12.6 Å². The number of rotatable bonds is 3. The van der Waals surface area contributed by atoms with E-state index < -0.39 is 0 Å². The fraction of sp³-hybridized carbons (Fsp3) is 0.667. The molecule has 0 saturated heterocycles. The molecule has 2 unspecified atom stereocenters. The van der Waals surface area contributed by atoms with E-state index >= 15 is 0 Å². The van der Waals surface area contributed by atoms with Crippen LogP contribution < -0.4 is 10.5 Å². The van der Waals surface area contributed by atoms with Crippen LogP contribution in [0.25, 0.3) is 0 Å². The lowest BCUT2D eigenvalue weighted by molar-refractivity contribution is 0.150. The summed E-state index contributed by atoms with van der Waals surface area (Å²) in [5.74, 6) is 1.65. The number of hydrogen-bond donors (Lipinski definition) is 1. The Hall–Kier alpha value is -1.02. The van der Waals surface area contributed by atoms with Gasteiger partial charge >= 0.3 is 0 Å². The Kier molecular flexibility index (Phi) is 4.02. The summed E-state index contributed by atoms with van der Waals surface area (Å²) >= 11 is 0. The number of hydrogen-bond acceptors (Lipinski definition) is 2. The summed E-state index contributed by atoms with van der Waals surface area (Å²) in [7, 11) is 0. The molecule has 1 aliphatic heterocycles. The van der Waals surface area contributed by atoms with Gasteiger partial charge in [0.05, 0.1) is 6.61 Å². The molecule has 1 aliphatic carbocycles. The minimum Gasteiger partial charge on any atom is -0.493 e. The van der Waals surface area contributed by atoms with E-state index in [0.717, 1.165) is 25.2 Å². The molecule has 2 N–H and O–H groups in total. The molecule has 2 heteroatoms. The van der Waals surface area contributed by atoms with Crippen LogP contribution in [0.15, 0.2) is 24.3 Å². The number of benzene rings is 1. The summed E-state index contributed by atoms with van der Waals surface area (Å²) < 4.78 is 5.77. The van der Waals surface area contributed by atoms with Crippen LogP contribution >= 0.6 is 0 Å². The summed E-state index contributed by atoms with van der Waals surface area (Å²) in [6, 6.07) is 8.81. The third-order valence-electron chi connectivity index (χ3n) is 5.51. The van der Waals surface area contributed by atoms with Crippen molar-refractivity contribution in [3.8, 4) is 5.75 Å². The van der Waals surface area contributed by atoms with Gasteiger partial charge in [-0.15, -0.1) is 0 Å². The van der Waals surface area contributed by atoms with Gasteiger partial charge in [0.1, 0.15) is 5.75 Å². The zero-order valence-electron chi connectivity index (χ0n) is 12.6. The normalized spacial score (nSPS) is 26.4. The predicted molar refractivity (Wildman–Crippen MR) is 83.1 cm³/mol. The average Bonchev–Trinajstić information content (AvgIpc) is 2.48. The van der Waals surface area contributed by atoms with Gasteiger partial charge in [0.2, 0.25) is 0 Å². The number of para-hydroxylation sites is 1. The molecular formula is C18H27NO. The maximum Gasteiger partial charge on any atom is 0.122 e. The number of fused-ring (bicyclic) bond motifs is 1. The van der Waals surface area contributed by atoms with Gasteiger partial charge in [-0.3, -0.25) is 0 Å². The van der Waals surface area contributed by atoms with Crippen LogP contribution in [0.5, 0.6) is 5.75 Å². The zero-order valence-corrected chi connectivity index (χ0v) is 12.6. The molecule has 0 radical (unpaired) electrons. The van der Waals surface area contributed by atoms with Gasteiger partial charge < -0.3 is 10.5 Å². The Labute approximate surface area is 122 Å². The molecule has 0 spiro atoms. The molecule has 2 aliphatic rings. The maximum atomic E-state index is 6.63. The van der Waals surface area contributed by atoms with E-state index in [-0.39, 0.29) is 0 Å². The minimum atomic E-state index is 0.318. The Morgan fingerprint density at radius 1 is 1.25 bits per heavy atom. The van der Waals surface area contributed by atoms with Gasteiger partial charge in [0, 0.05) is 6.04 Å². The molecule has 1 fully saturated rings. The lowest BCUT2D eigenvalue weighted by Gasteiger charge is -2.41. The first-order chi connectivity index (χ1) is 9.69.